The first-order chi connectivity index (χ1) is 13.6. The Morgan fingerprint density at radius 3 is 2.54 bits per heavy atom. The van der Waals surface area contributed by atoms with Gasteiger partial charge < -0.3 is 14.8 Å². The fourth-order valence-corrected chi connectivity index (χ4v) is 3.59. The Morgan fingerprint density at radius 2 is 1.82 bits per heavy atom. The molecule has 1 aliphatic heterocycles. The summed E-state index contributed by atoms with van der Waals surface area (Å²) in [5, 5.41) is 8.01. The molecule has 1 aliphatic carbocycles. The number of urea groups is 1. The van der Waals surface area contributed by atoms with Crippen molar-refractivity contribution in [3.8, 4) is 11.5 Å². The van der Waals surface area contributed by atoms with E-state index in [1.807, 2.05) is 32.0 Å². The van der Waals surface area contributed by atoms with E-state index >= 15 is 0 Å². The quantitative estimate of drug-likeness (QED) is 0.543. The Labute approximate surface area is 166 Å². The molecular weight excluding hydrogens is 358 g/mol. The second kappa shape index (κ2) is 9.08. The first-order valence-electron chi connectivity index (χ1n) is 10.2. The van der Waals surface area contributed by atoms with Gasteiger partial charge in [0.05, 0.1) is 19.4 Å². The highest BCUT2D eigenvalue weighted by atomic mass is 16.5. The van der Waals surface area contributed by atoms with Crippen LogP contribution in [-0.4, -0.2) is 41.9 Å². The predicted molar refractivity (Wildman–Crippen MR) is 107 cm³/mol. The molecule has 3 rings (SSSR count). The molecule has 1 aromatic carbocycles. The number of rotatable bonds is 8. The van der Waals surface area contributed by atoms with E-state index in [-0.39, 0.29) is 5.91 Å². The molecule has 28 heavy (non-hydrogen) atoms. The van der Waals surface area contributed by atoms with Gasteiger partial charge in [0, 0.05) is 11.6 Å². The predicted octanol–water partition coefficient (Wildman–Crippen LogP) is 3.85. The molecule has 1 spiro atoms. The molecule has 1 heterocycles. The van der Waals surface area contributed by atoms with Crippen molar-refractivity contribution in [1.82, 2.24) is 10.3 Å². The Bertz CT molecular complexity index is 741. The summed E-state index contributed by atoms with van der Waals surface area (Å²) in [6, 6.07) is 5.03. The third-order valence-corrected chi connectivity index (χ3v) is 5.08. The lowest BCUT2D eigenvalue weighted by atomic mass is 9.82. The fraction of sp³-hybridized carbons (Fsp3) is 0.571. The summed E-state index contributed by atoms with van der Waals surface area (Å²) in [7, 11) is 0. The average molecular weight is 387 g/mol. The zero-order valence-electron chi connectivity index (χ0n) is 16.7. The number of hydrogen-bond donors (Lipinski definition) is 1. The molecule has 0 radical (unpaired) electrons. The van der Waals surface area contributed by atoms with Gasteiger partial charge in [0.15, 0.2) is 0 Å². The Kier molecular flexibility index (Phi) is 6.54. The van der Waals surface area contributed by atoms with Crippen LogP contribution in [-0.2, 0) is 4.79 Å². The second-order valence-electron chi connectivity index (χ2n) is 7.33. The number of hydrazone groups is 1. The molecule has 7 heteroatoms. The summed E-state index contributed by atoms with van der Waals surface area (Å²) < 4.78 is 11.5. The fourth-order valence-electron chi connectivity index (χ4n) is 3.59. The van der Waals surface area contributed by atoms with Crippen LogP contribution in [0.1, 0.15) is 64.4 Å². The molecule has 152 valence electrons. The molecule has 0 bridgehead atoms. The molecule has 2 fully saturated rings. The van der Waals surface area contributed by atoms with Crippen LogP contribution < -0.4 is 14.8 Å². The molecule has 1 saturated heterocycles. The topological polar surface area (TPSA) is 80.2 Å². The lowest BCUT2D eigenvalue weighted by Crippen LogP contribution is -2.48. The van der Waals surface area contributed by atoms with Crippen molar-refractivity contribution in [1.29, 1.82) is 0 Å². The van der Waals surface area contributed by atoms with Crippen molar-refractivity contribution in [3.63, 3.8) is 0 Å². The maximum Gasteiger partial charge on any atom is 0.346 e. The molecule has 7 nitrogen and oxygen atoms in total. The Hall–Kier alpha value is -2.57. The third-order valence-electron chi connectivity index (χ3n) is 5.08. The lowest BCUT2D eigenvalue weighted by molar-refractivity contribution is -0.132. The van der Waals surface area contributed by atoms with Gasteiger partial charge in [0.2, 0.25) is 0 Å². The van der Waals surface area contributed by atoms with Gasteiger partial charge in [-0.3, -0.25) is 4.79 Å². The molecule has 0 unspecified atom stereocenters. The van der Waals surface area contributed by atoms with Crippen LogP contribution in [0.5, 0.6) is 11.5 Å². The van der Waals surface area contributed by atoms with E-state index in [1.165, 1.54) is 6.21 Å². The van der Waals surface area contributed by atoms with Crippen LogP contribution in [0.4, 0.5) is 4.79 Å². The van der Waals surface area contributed by atoms with Crippen LogP contribution in [0.15, 0.2) is 23.3 Å². The van der Waals surface area contributed by atoms with E-state index < -0.39 is 11.6 Å². The standard InChI is InChI=1S/C21H29N3O4/c1-3-12-27-17-9-8-16(18(14-17)28-13-4-2)15-22-24-19(25)21(23-20(24)26)10-6-5-7-11-21/h8-9,14-15H,3-7,10-13H2,1-2H3,(H,23,26)/b22-15-. The minimum atomic E-state index is -0.772. The minimum Gasteiger partial charge on any atom is -0.493 e. The molecule has 3 amide bonds. The maximum atomic E-state index is 12.8. The number of benzene rings is 1. The van der Waals surface area contributed by atoms with Crippen molar-refractivity contribution < 1.29 is 19.1 Å². The highest BCUT2D eigenvalue weighted by Crippen LogP contribution is 2.34. The number of nitrogens with one attached hydrogen (secondary N) is 1. The highest BCUT2D eigenvalue weighted by Gasteiger charge is 2.51. The third kappa shape index (κ3) is 4.29. The number of carbonyl (C=O) groups excluding carboxylic acids is 2. The maximum absolute atomic E-state index is 12.8. The minimum absolute atomic E-state index is 0.257. The van der Waals surface area contributed by atoms with E-state index in [9.17, 15) is 9.59 Å². The summed E-state index contributed by atoms with van der Waals surface area (Å²) in [5.41, 5.74) is -0.0750. The number of carbonyl (C=O) groups is 2. The van der Waals surface area contributed by atoms with E-state index in [1.54, 1.807) is 0 Å². The Morgan fingerprint density at radius 1 is 1.11 bits per heavy atom. The van der Waals surface area contributed by atoms with Gasteiger partial charge in [-0.1, -0.05) is 33.1 Å². The normalized spacial score (nSPS) is 18.7. The number of imide groups is 1. The van der Waals surface area contributed by atoms with Gasteiger partial charge in [-0.05, 0) is 37.8 Å². The number of nitrogens with zero attached hydrogens (tertiary/aromatic N) is 2. The second-order valence-corrected chi connectivity index (χ2v) is 7.33. The van der Waals surface area contributed by atoms with Gasteiger partial charge in [-0.15, -0.1) is 5.01 Å². The SMILES string of the molecule is CCCOc1ccc(/C=N\N2C(=O)NC3(CCCCC3)C2=O)c(OCCC)c1. The van der Waals surface area contributed by atoms with E-state index in [2.05, 4.69) is 10.4 Å². The van der Waals surface area contributed by atoms with Crippen molar-refractivity contribution in [2.75, 3.05) is 13.2 Å². The average Bonchev–Trinajstić information content (AvgIpc) is 2.93. The van der Waals surface area contributed by atoms with Gasteiger partial charge in [0.1, 0.15) is 17.0 Å². The summed E-state index contributed by atoms with van der Waals surface area (Å²) in [6.07, 6.45) is 7.63. The van der Waals surface area contributed by atoms with Gasteiger partial charge in [-0.2, -0.15) is 5.10 Å². The zero-order chi connectivity index (χ0) is 20.0. The van der Waals surface area contributed by atoms with E-state index in [0.717, 1.165) is 42.9 Å². The van der Waals surface area contributed by atoms with Crippen LogP contribution >= 0.6 is 0 Å². The molecule has 2 aliphatic rings. The summed E-state index contributed by atoms with van der Waals surface area (Å²) in [5.74, 6) is 1.09. The van der Waals surface area contributed by atoms with Crippen LogP contribution in [0.25, 0.3) is 0 Å². The smallest absolute Gasteiger partial charge is 0.346 e. The summed E-state index contributed by atoms with van der Waals surface area (Å²) in [4.78, 5) is 25.2. The zero-order valence-corrected chi connectivity index (χ0v) is 16.7. The van der Waals surface area contributed by atoms with Crippen molar-refractivity contribution in [2.45, 2.75) is 64.3 Å². The number of hydrogen-bond acceptors (Lipinski definition) is 5. The van der Waals surface area contributed by atoms with Crippen molar-refractivity contribution >= 4 is 18.2 Å². The lowest BCUT2D eigenvalue weighted by Gasteiger charge is -2.29. The Balaban J connectivity index is 1.78. The van der Waals surface area contributed by atoms with Gasteiger partial charge in [-0.25, -0.2) is 4.79 Å². The van der Waals surface area contributed by atoms with Crippen molar-refractivity contribution in [2.24, 2.45) is 5.10 Å². The molecule has 0 atom stereocenters. The van der Waals surface area contributed by atoms with Crippen molar-refractivity contribution in [3.05, 3.63) is 23.8 Å². The number of ether oxygens (including phenoxy) is 2. The first kappa shape index (κ1) is 20.2. The highest BCUT2D eigenvalue weighted by molar-refractivity contribution is 6.07. The largest absolute Gasteiger partial charge is 0.493 e. The first-order valence-corrected chi connectivity index (χ1v) is 10.2. The van der Waals surface area contributed by atoms with Gasteiger partial charge >= 0.3 is 6.03 Å². The van der Waals surface area contributed by atoms with E-state index in [0.29, 0.717) is 37.4 Å². The molecule has 1 saturated carbocycles. The summed E-state index contributed by atoms with van der Waals surface area (Å²) in [6.45, 7) is 5.27. The summed E-state index contributed by atoms with van der Waals surface area (Å²) >= 11 is 0. The van der Waals surface area contributed by atoms with Gasteiger partial charge in [0.25, 0.3) is 5.91 Å². The van der Waals surface area contributed by atoms with E-state index in [4.69, 9.17) is 9.47 Å². The number of amides is 3. The van der Waals surface area contributed by atoms with Crippen LogP contribution in [0.2, 0.25) is 0 Å². The van der Waals surface area contributed by atoms with Crippen LogP contribution in [0, 0.1) is 0 Å². The molecule has 1 aromatic rings. The molecule has 1 N–H and O–H groups in total. The monoisotopic (exact) mass is 387 g/mol. The van der Waals surface area contributed by atoms with Crippen LogP contribution in [0.3, 0.4) is 0 Å². The molecular formula is C21H29N3O4. The molecule has 0 aromatic heterocycles.